The van der Waals surface area contributed by atoms with E-state index in [1.54, 1.807) is 7.11 Å². The lowest BCUT2D eigenvalue weighted by Gasteiger charge is -2.36. The third kappa shape index (κ3) is 8.53. The lowest BCUT2D eigenvalue weighted by Crippen LogP contribution is -2.41. The summed E-state index contributed by atoms with van der Waals surface area (Å²) in [5.41, 5.74) is 1.11. The highest BCUT2D eigenvalue weighted by molar-refractivity contribution is 6.74. The van der Waals surface area contributed by atoms with Gasteiger partial charge in [-0.2, -0.15) is 0 Å². The second-order valence-corrected chi connectivity index (χ2v) is 18.5. The van der Waals surface area contributed by atoms with E-state index >= 15 is 0 Å². The predicted molar refractivity (Wildman–Crippen MR) is 117 cm³/mol. The summed E-state index contributed by atoms with van der Waals surface area (Å²) < 4.78 is 24.1. The highest BCUT2D eigenvalue weighted by atomic mass is 28.4. The van der Waals surface area contributed by atoms with Gasteiger partial charge in [0.05, 0.1) is 7.11 Å². The fourth-order valence-electron chi connectivity index (χ4n) is 2.08. The molecule has 0 aliphatic carbocycles. The van der Waals surface area contributed by atoms with Gasteiger partial charge >= 0.3 is 5.95 Å². The lowest BCUT2D eigenvalue weighted by molar-refractivity contribution is 0.0843. The first kappa shape index (κ1) is 23.8. The van der Waals surface area contributed by atoms with Crippen LogP contribution in [0.4, 0.5) is 0 Å². The first-order chi connectivity index (χ1) is 12.4. The molecular weight excluding hydrogens is 372 g/mol. The van der Waals surface area contributed by atoms with Crippen molar-refractivity contribution in [3.05, 3.63) is 47.6 Å². The first-order valence-electron chi connectivity index (χ1n) is 9.62. The van der Waals surface area contributed by atoms with Crippen LogP contribution in [-0.2, 0) is 24.9 Å². The van der Waals surface area contributed by atoms with E-state index in [-0.39, 0.29) is 5.04 Å². The molecule has 0 spiro atoms. The Morgan fingerprint density at radius 3 is 2.04 bits per heavy atom. The van der Waals surface area contributed by atoms with Gasteiger partial charge in [0.1, 0.15) is 6.61 Å². The molecule has 0 heterocycles. The van der Waals surface area contributed by atoms with Crippen LogP contribution in [0, 0.1) is 0 Å². The van der Waals surface area contributed by atoms with Crippen molar-refractivity contribution in [2.75, 3.05) is 13.7 Å². The molecule has 0 aliphatic heterocycles. The highest BCUT2D eigenvalue weighted by Crippen LogP contribution is 2.36. The Morgan fingerprint density at radius 2 is 1.56 bits per heavy atom. The molecule has 0 atom stereocenters. The normalized spacial score (nSPS) is 13.8. The minimum absolute atomic E-state index is 0.181. The van der Waals surface area contributed by atoms with E-state index in [0.29, 0.717) is 25.6 Å². The van der Waals surface area contributed by atoms with Gasteiger partial charge in [-0.3, -0.25) is 0 Å². The topological polar surface area (TPSA) is 36.9 Å². The summed E-state index contributed by atoms with van der Waals surface area (Å²) >= 11 is 0. The van der Waals surface area contributed by atoms with E-state index in [1.807, 2.05) is 18.2 Å². The molecule has 0 saturated heterocycles. The van der Waals surface area contributed by atoms with Crippen molar-refractivity contribution in [3.63, 3.8) is 0 Å². The van der Waals surface area contributed by atoms with Gasteiger partial charge in [-0.25, -0.2) is 0 Å². The number of rotatable bonds is 10. The summed E-state index contributed by atoms with van der Waals surface area (Å²) in [6.45, 7) is 18.7. The molecule has 0 radical (unpaired) electrons. The van der Waals surface area contributed by atoms with Crippen molar-refractivity contribution in [2.24, 2.45) is 0 Å². The summed E-state index contributed by atoms with van der Waals surface area (Å²) in [6, 6.07) is 10.1. The lowest BCUT2D eigenvalue weighted by atomic mass is 10.2. The van der Waals surface area contributed by atoms with Crippen LogP contribution in [0.1, 0.15) is 32.8 Å². The van der Waals surface area contributed by atoms with E-state index in [0.717, 1.165) is 11.3 Å². The van der Waals surface area contributed by atoms with E-state index in [1.165, 1.54) is 0 Å². The highest BCUT2D eigenvalue weighted by Gasteiger charge is 2.37. The smallest absolute Gasteiger partial charge is 0.304 e. The molecule has 1 aromatic carbocycles. The van der Waals surface area contributed by atoms with Crippen LogP contribution in [0.15, 0.2) is 42.0 Å². The zero-order valence-corrected chi connectivity index (χ0v) is 20.6. The maximum Gasteiger partial charge on any atom is 0.304 e. The van der Waals surface area contributed by atoms with Crippen LogP contribution in [0.3, 0.4) is 0 Å². The van der Waals surface area contributed by atoms with Crippen LogP contribution in [0.5, 0.6) is 0 Å². The van der Waals surface area contributed by atoms with Crippen LogP contribution in [-0.4, -0.2) is 30.4 Å². The quantitative estimate of drug-likeness (QED) is 0.336. The number of benzene rings is 1. The van der Waals surface area contributed by atoms with Gasteiger partial charge in [0.2, 0.25) is 8.32 Å². The molecule has 154 valence electrons. The maximum atomic E-state index is 6.33. The molecule has 6 heteroatoms. The van der Waals surface area contributed by atoms with Gasteiger partial charge in [-0.05, 0) is 43.3 Å². The molecular formula is C21H38O4Si2. The van der Waals surface area contributed by atoms with Gasteiger partial charge in [0.15, 0.2) is 14.1 Å². The zero-order chi connectivity index (χ0) is 20.7. The molecule has 0 amide bonds. The fraction of sp³-hybridized carbons (Fsp3) is 0.619. The SMILES string of the molecule is CO/C(O[Si](C)(C)C)=C(\CCO[Si](C)(C)C(C)(C)C)OCc1ccccc1. The number of methoxy groups -OCH3 is 1. The second kappa shape index (κ2) is 9.80. The Labute approximate surface area is 168 Å². The number of hydrogen-bond acceptors (Lipinski definition) is 4. The van der Waals surface area contributed by atoms with Crippen molar-refractivity contribution >= 4 is 16.6 Å². The Kier molecular flexibility index (Phi) is 8.64. The molecule has 4 nitrogen and oxygen atoms in total. The third-order valence-corrected chi connectivity index (χ3v) is 10.0. The molecule has 0 aromatic heterocycles. The van der Waals surface area contributed by atoms with Crippen molar-refractivity contribution in [3.8, 4) is 0 Å². The van der Waals surface area contributed by atoms with Crippen LogP contribution >= 0.6 is 0 Å². The van der Waals surface area contributed by atoms with Crippen LogP contribution in [0.25, 0.3) is 0 Å². The van der Waals surface area contributed by atoms with Crippen LogP contribution in [0.2, 0.25) is 37.8 Å². The average molecular weight is 411 g/mol. The van der Waals surface area contributed by atoms with Gasteiger partial charge in [0.25, 0.3) is 0 Å². The molecule has 0 aliphatic rings. The zero-order valence-electron chi connectivity index (χ0n) is 18.6. The van der Waals surface area contributed by atoms with E-state index < -0.39 is 16.6 Å². The van der Waals surface area contributed by atoms with Crippen molar-refractivity contribution < 1.29 is 18.3 Å². The molecule has 1 rings (SSSR count). The average Bonchev–Trinajstić information content (AvgIpc) is 2.55. The Morgan fingerprint density at radius 1 is 0.963 bits per heavy atom. The van der Waals surface area contributed by atoms with Gasteiger partial charge in [0, 0.05) is 13.0 Å². The van der Waals surface area contributed by atoms with Crippen LogP contribution < -0.4 is 0 Å². The minimum Gasteiger partial charge on any atom is -0.517 e. The summed E-state index contributed by atoms with van der Waals surface area (Å²) in [5.74, 6) is 1.21. The summed E-state index contributed by atoms with van der Waals surface area (Å²) in [6.07, 6.45) is 0.632. The molecule has 1 aromatic rings. The molecule has 27 heavy (non-hydrogen) atoms. The third-order valence-electron chi connectivity index (χ3n) is 4.67. The van der Waals surface area contributed by atoms with Crippen molar-refractivity contribution in [2.45, 2.75) is 71.6 Å². The standard InChI is InChI=1S/C21H38O4Si2/c1-21(2,3)27(8,9)24-16-15-19(20(22-4)25-26(5,6)7)23-17-18-13-11-10-12-14-18/h10-14H,15-17H2,1-9H3/b20-19-. The van der Waals surface area contributed by atoms with Gasteiger partial charge in [-0.1, -0.05) is 51.1 Å². The molecule has 0 N–H and O–H groups in total. The Balaban J connectivity index is 2.89. The van der Waals surface area contributed by atoms with E-state index in [4.69, 9.17) is 18.3 Å². The largest absolute Gasteiger partial charge is 0.517 e. The van der Waals surface area contributed by atoms with Crippen molar-refractivity contribution in [1.82, 2.24) is 0 Å². The van der Waals surface area contributed by atoms with Crippen molar-refractivity contribution in [1.29, 1.82) is 0 Å². The summed E-state index contributed by atoms with van der Waals surface area (Å²) in [5, 5.41) is 0.181. The monoisotopic (exact) mass is 410 g/mol. The number of hydrogen-bond donors (Lipinski definition) is 0. The molecule has 0 saturated carbocycles. The van der Waals surface area contributed by atoms with Gasteiger partial charge in [-0.15, -0.1) is 0 Å². The number of ether oxygens (including phenoxy) is 2. The van der Waals surface area contributed by atoms with Gasteiger partial charge < -0.3 is 18.3 Å². The Hall–Kier alpha value is -1.25. The fourth-order valence-corrected chi connectivity index (χ4v) is 3.88. The first-order valence-corrected chi connectivity index (χ1v) is 15.9. The second-order valence-electron chi connectivity index (χ2n) is 9.26. The molecule has 0 unspecified atom stereocenters. The Bertz CT molecular complexity index is 599. The minimum atomic E-state index is -1.81. The van der Waals surface area contributed by atoms with E-state index in [9.17, 15) is 0 Å². The molecule has 0 fully saturated rings. The maximum absolute atomic E-state index is 6.33. The van der Waals surface area contributed by atoms with E-state index in [2.05, 4.69) is 65.6 Å². The molecule has 0 bridgehead atoms. The summed E-state index contributed by atoms with van der Waals surface area (Å²) in [7, 11) is -1.98. The predicted octanol–water partition coefficient (Wildman–Crippen LogP) is 6.28. The summed E-state index contributed by atoms with van der Waals surface area (Å²) in [4.78, 5) is 0.